The summed E-state index contributed by atoms with van der Waals surface area (Å²) < 4.78 is 7.84. The van der Waals surface area contributed by atoms with Crippen molar-refractivity contribution in [1.29, 1.82) is 0 Å². The molecule has 0 unspecified atom stereocenters. The molecule has 1 heterocycles. The molecule has 0 fully saturated rings. The second-order valence-corrected chi connectivity index (χ2v) is 13.0. The maximum atomic E-state index is 11.3. The van der Waals surface area contributed by atoms with Crippen molar-refractivity contribution in [1.82, 2.24) is 0 Å². The van der Waals surface area contributed by atoms with E-state index in [4.69, 9.17) is 4.74 Å². The summed E-state index contributed by atoms with van der Waals surface area (Å²) in [7, 11) is 0. The molecule has 0 aliphatic carbocycles. The average molecular weight is 521 g/mol. The smallest absolute Gasteiger partial charge is 0.328 e. The Kier molecular flexibility index (Phi) is 8.95. The number of thiophene rings is 1. The van der Waals surface area contributed by atoms with Gasteiger partial charge in [0.1, 0.15) is 5.75 Å². The zero-order valence-corrected chi connectivity index (χ0v) is 24.9. The van der Waals surface area contributed by atoms with E-state index in [1.54, 1.807) is 11.3 Å². The van der Waals surface area contributed by atoms with Crippen molar-refractivity contribution in [3.05, 3.63) is 58.5 Å². The van der Waals surface area contributed by atoms with E-state index < -0.39 is 5.97 Å². The van der Waals surface area contributed by atoms with E-state index in [2.05, 4.69) is 91.8 Å². The van der Waals surface area contributed by atoms with Gasteiger partial charge >= 0.3 is 5.97 Å². The second kappa shape index (κ2) is 11.4. The molecule has 0 amide bonds. The van der Waals surface area contributed by atoms with Crippen LogP contribution in [0.15, 0.2) is 42.5 Å². The van der Waals surface area contributed by atoms with Crippen molar-refractivity contribution in [2.45, 2.75) is 92.4 Å². The van der Waals surface area contributed by atoms with Crippen molar-refractivity contribution in [2.75, 3.05) is 6.61 Å². The number of carboxylic acid groups (broad SMARTS) is 1. The number of hydrogen-bond donors (Lipinski definition) is 1. The lowest BCUT2D eigenvalue weighted by molar-refractivity contribution is -0.131. The van der Waals surface area contributed by atoms with Crippen LogP contribution < -0.4 is 4.74 Å². The molecule has 0 radical (unpaired) electrons. The van der Waals surface area contributed by atoms with Gasteiger partial charge in [-0.3, -0.25) is 0 Å². The highest BCUT2D eigenvalue weighted by Gasteiger charge is 2.30. The molecule has 4 heteroatoms. The summed E-state index contributed by atoms with van der Waals surface area (Å²) >= 11 is 1.64. The molecule has 0 aliphatic rings. The summed E-state index contributed by atoms with van der Waals surface area (Å²) in [4.78, 5) is 12.3. The van der Waals surface area contributed by atoms with Gasteiger partial charge in [0.15, 0.2) is 0 Å². The summed E-state index contributed by atoms with van der Waals surface area (Å²) in [6.07, 6.45) is 4.34. The van der Waals surface area contributed by atoms with E-state index in [0.29, 0.717) is 12.5 Å². The average Bonchev–Trinajstić information content (AvgIpc) is 3.28. The number of rotatable bonds is 11. The van der Waals surface area contributed by atoms with E-state index in [-0.39, 0.29) is 10.8 Å². The van der Waals surface area contributed by atoms with Crippen LogP contribution in [0.4, 0.5) is 0 Å². The van der Waals surface area contributed by atoms with Crippen LogP contribution in [0.1, 0.15) is 97.6 Å². The fourth-order valence-corrected chi connectivity index (χ4v) is 5.47. The van der Waals surface area contributed by atoms with Crippen LogP contribution in [-0.4, -0.2) is 17.7 Å². The lowest BCUT2D eigenvalue weighted by atomic mass is 9.74. The first-order chi connectivity index (χ1) is 17.3. The largest absolute Gasteiger partial charge is 0.493 e. The molecule has 37 heavy (non-hydrogen) atoms. The highest BCUT2D eigenvalue weighted by atomic mass is 32.1. The maximum Gasteiger partial charge on any atom is 0.328 e. The van der Waals surface area contributed by atoms with Crippen LogP contribution >= 0.6 is 11.3 Å². The summed E-state index contributed by atoms with van der Waals surface area (Å²) in [6, 6.07) is 13.3. The van der Waals surface area contributed by atoms with Crippen LogP contribution in [0, 0.1) is 5.92 Å². The summed E-state index contributed by atoms with van der Waals surface area (Å²) in [5.41, 5.74) is 5.61. The zero-order chi connectivity index (χ0) is 27.5. The molecule has 2 aromatic carbocycles. The number of benzene rings is 2. The molecule has 0 bridgehead atoms. The number of ether oxygens (including phenoxy) is 1. The van der Waals surface area contributed by atoms with Crippen molar-refractivity contribution in [3.8, 4) is 16.9 Å². The second-order valence-electron chi connectivity index (χ2n) is 11.9. The SMILES string of the molecule is CCC(C)(C)c1cc(-c2cccc3sc(/C(C)=C/C(=O)O)cc23)c(OCCC(C)C)c(C(C)(C)CC)c1. The Labute approximate surface area is 227 Å². The van der Waals surface area contributed by atoms with Crippen molar-refractivity contribution < 1.29 is 14.6 Å². The number of allylic oxidation sites excluding steroid dienone is 1. The van der Waals surface area contributed by atoms with Crippen molar-refractivity contribution >= 4 is 33.0 Å². The van der Waals surface area contributed by atoms with Crippen LogP contribution in [0.5, 0.6) is 5.75 Å². The highest BCUT2D eigenvalue weighted by Crippen LogP contribution is 2.47. The minimum Gasteiger partial charge on any atom is -0.493 e. The number of aliphatic carboxylic acids is 1. The third-order valence-electron chi connectivity index (χ3n) is 7.89. The van der Waals surface area contributed by atoms with Gasteiger partial charge in [0, 0.05) is 32.2 Å². The summed E-state index contributed by atoms with van der Waals surface area (Å²) in [5, 5.41) is 10.4. The first-order valence-corrected chi connectivity index (χ1v) is 14.4. The van der Waals surface area contributed by atoms with Gasteiger partial charge in [-0.15, -0.1) is 11.3 Å². The fraction of sp³-hybridized carbons (Fsp3) is 0.485. The third kappa shape index (κ3) is 6.46. The van der Waals surface area contributed by atoms with Crippen molar-refractivity contribution in [2.24, 2.45) is 5.92 Å². The Bertz CT molecular complexity index is 1290. The quantitative estimate of drug-likeness (QED) is 0.256. The fourth-order valence-electron chi connectivity index (χ4n) is 4.42. The van der Waals surface area contributed by atoms with Gasteiger partial charge in [-0.05, 0) is 77.8 Å². The van der Waals surface area contributed by atoms with E-state index >= 15 is 0 Å². The first-order valence-electron chi connectivity index (χ1n) is 13.6. The molecule has 0 saturated heterocycles. The lowest BCUT2D eigenvalue weighted by Gasteiger charge is -2.32. The molecule has 0 atom stereocenters. The van der Waals surface area contributed by atoms with E-state index in [1.807, 2.05) is 6.92 Å². The standard InChI is InChI=1S/C33H44O3S/c1-10-32(6,7)23-18-26(31(36-16-15-21(3)4)27(19-23)33(8,9)11-2)24-13-12-14-28-25(24)20-29(37-28)22(5)17-30(34)35/h12-14,17-21H,10-11,15-16H2,1-9H3,(H,34,35)/b22-17+. The van der Waals surface area contributed by atoms with Crippen LogP contribution in [0.3, 0.4) is 0 Å². The minimum absolute atomic E-state index is 0.0261. The van der Waals surface area contributed by atoms with Gasteiger partial charge < -0.3 is 9.84 Å². The van der Waals surface area contributed by atoms with Crippen LogP contribution in [0.2, 0.25) is 0 Å². The molecule has 0 saturated carbocycles. The molecular formula is C33H44O3S. The topological polar surface area (TPSA) is 46.5 Å². The molecule has 1 aromatic heterocycles. The predicted octanol–water partition coefficient (Wildman–Crippen LogP) is 9.86. The Hall–Kier alpha value is -2.59. The predicted molar refractivity (Wildman–Crippen MR) is 160 cm³/mol. The number of carboxylic acids is 1. The molecule has 0 aliphatic heterocycles. The Morgan fingerprint density at radius 3 is 2.30 bits per heavy atom. The van der Waals surface area contributed by atoms with Gasteiger partial charge in [0.2, 0.25) is 0 Å². The Morgan fingerprint density at radius 1 is 1.03 bits per heavy atom. The monoisotopic (exact) mass is 520 g/mol. The first kappa shape index (κ1) is 29.0. The normalized spacial score (nSPS) is 13.0. The summed E-state index contributed by atoms with van der Waals surface area (Å²) in [6.45, 7) is 20.8. The zero-order valence-electron chi connectivity index (χ0n) is 24.1. The van der Waals surface area contributed by atoms with E-state index in [1.165, 1.54) is 17.2 Å². The van der Waals surface area contributed by atoms with Crippen LogP contribution in [0.25, 0.3) is 26.8 Å². The van der Waals surface area contributed by atoms with E-state index in [9.17, 15) is 9.90 Å². The van der Waals surface area contributed by atoms with Gasteiger partial charge in [-0.2, -0.15) is 0 Å². The lowest BCUT2D eigenvalue weighted by Crippen LogP contribution is -2.22. The molecule has 1 N–H and O–H groups in total. The highest BCUT2D eigenvalue weighted by molar-refractivity contribution is 7.20. The van der Waals surface area contributed by atoms with Gasteiger partial charge in [-0.1, -0.05) is 73.6 Å². The molecule has 0 spiro atoms. The molecular weight excluding hydrogens is 476 g/mol. The molecule has 3 nitrogen and oxygen atoms in total. The van der Waals surface area contributed by atoms with E-state index in [0.717, 1.165) is 56.7 Å². The molecule has 3 rings (SSSR count). The molecule has 200 valence electrons. The summed E-state index contributed by atoms with van der Waals surface area (Å²) in [5.74, 6) is 0.634. The Morgan fingerprint density at radius 2 is 1.70 bits per heavy atom. The third-order valence-corrected chi connectivity index (χ3v) is 9.12. The molecule has 3 aromatic rings. The minimum atomic E-state index is -0.919. The number of fused-ring (bicyclic) bond motifs is 1. The van der Waals surface area contributed by atoms with Crippen LogP contribution in [-0.2, 0) is 15.6 Å². The van der Waals surface area contributed by atoms with Crippen molar-refractivity contribution in [3.63, 3.8) is 0 Å². The van der Waals surface area contributed by atoms with Gasteiger partial charge in [0.05, 0.1) is 6.61 Å². The van der Waals surface area contributed by atoms with Gasteiger partial charge in [-0.25, -0.2) is 4.79 Å². The van der Waals surface area contributed by atoms with Gasteiger partial charge in [0.25, 0.3) is 0 Å². The maximum absolute atomic E-state index is 11.3. The number of carbonyl (C=O) groups is 1. The number of hydrogen-bond acceptors (Lipinski definition) is 3. The Balaban J connectivity index is 2.37.